The molecule has 10 heteroatoms. The third-order valence-electron chi connectivity index (χ3n) is 4.15. The van der Waals surface area contributed by atoms with Gasteiger partial charge < -0.3 is 15.2 Å². The molecule has 0 aliphatic heterocycles. The number of aromatic nitrogens is 5. The van der Waals surface area contributed by atoms with Gasteiger partial charge in [-0.1, -0.05) is 12.6 Å². The summed E-state index contributed by atoms with van der Waals surface area (Å²) in [6.45, 7) is 5.69. The summed E-state index contributed by atoms with van der Waals surface area (Å²) in [5.41, 5.74) is 2.61. The van der Waals surface area contributed by atoms with Crippen molar-refractivity contribution in [3.05, 3.63) is 65.3 Å². The Morgan fingerprint density at radius 2 is 2.13 bits per heavy atom. The molecule has 2 heterocycles. The number of aliphatic hydroxyl groups excluding tert-OH is 1. The van der Waals surface area contributed by atoms with Gasteiger partial charge in [0.05, 0.1) is 20.3 Å². The molecular formula is C20H21FN6O3. The maximum atomic E-state index is 13.5. The second kappa shape index (κ2) is 9.23. The molecule has 3 rings (SSSR count). The van der Waals surface area contributed by atoms with Crippen molar-refractivity contribution in [2.24, 2.45) is 0 Å². The van der Waals surface area contributed by atoms with Gasteiger partial charge in [0, 0.05) is 17.8 Å². The van der Waals surface area contributed by atoms with Gasteiger partial charge in [0.1, 0.15) is 5.69 Å². The number of carbonyl (C=O) groups is 1. The molecule has 0 atom stereocenters. The zero-order valence-electron chi connectivity index (χ0n) is 16.6. The molecule has 1 aromatic carbocycles. The number of nitrogens with zero attached hydrogens (tertiary/aromatic N) is 5. The zero-order valence-corrected chi connectivity index (χ0v) is 16.6. The number of hydrogen-bond acceptors (Lipinski definition) is 7. The van der Waals surface area contributed by atoms with E-state index in [1.165, 1.54) is 24.0 Å². The normalized spacial score (nSPS) is 10.7. The van der Waals surface area contributed by atoms with Crippen molar-refractivity contribution in [3.63, 3.8) is 0 Å². The average Bonchev–Trinajstić information content (AvgIpc) is 3.20. The third kappa shape index (κ3) is 5.03. The van der Waals surface area contributed by atoms with E-state index in [-0.39, 0.29) is 31.1 Å². The van der Waals surface area contributed by atoms with Crippen LogP contribution >= 0.6 is 0 Å². The highest BCUT2D eigenvalue weighted by Gasteiger charge is 2.14. The summed E-state index contributed by atoms with van der Waals surface area (Å²) in [6.07, 6.45) is 0. The number of halogens is 1. The Morgan fingerprint density at radius 1 is 1.33 bits per heavy atom. The van der Waals surface area contributed by atoms with Crippen molar-refractivity contribution in [1.29, 1.82) is 0 Å². The predicted octanol–water partition coefficient (Wildman–Crippen LogP) is 1.67. The summed E-state index contributed by atoms with van der Waals surface area (Å²) in [6, 6.07) is 7.67. The molecule has 2 N–H and O–H groups in total. The van der Waals surface area contributed by atoms with Gasteiger partial charge in [0.2, 0.25) is 5.82 Å². The molecule has 2 aromatic heterocycles. The Morgan fingerprint density at radius 3 is 2.87 bits per heavy atom. The fraction of sp³-hybridized carbons (Fsp3) is 0.250. The van der Waals surface area contributed by atoms with E-state index in [1.54, 1.807) is 25.1 Å². The molecule has 0 unspecified atom stereocenters. The van der Waals surface area contributed by atoms with Crippen LogP contribution < -0.4 is 10.1 Å². The van der Waals surface area contributed by atoms with Crippen LogP contribution in [-0.4, -0.2) is 49.9 Å². The van der Waals surface area contributed by atoms with Crippen LogP contribution in [-0.2, 0) is 13.1 Å². The van der Waals surface area contributed by atoms with Crippen LogP contribution in [0.15, 0.2) is 42.5 Å². The minimum Gasteiger partial charge on any atom is -0.494 e. The molecule has 9 nitrogen and oxygen atoms in total. The van der Waals surface area contributed by atoms with Crippen LogP contribution in [0.2, 0.25) is 0 Å². The fourth-order valence-corrected chi connectivity index (χ4v) is 2.68. The van der Waals surface area contributed by atoms with Gasteiger partial charge in [-0.25, -0.2) is 9.37 Å². The maximum Gasteiger partial charge on any atom is 0.270 e. The first-order chi connectivity index (χ1) is 14.4. The van der Waals surface area contributed by atoms with Crippen molar-refractivity contribution in [2.45, 2.75) is 20.0 Å². The molecule has 3 aromatic rings. The summed E-state index contributed by atoms with van der Waals surface area (Å²) in [7, 11) is 1.38. The van der Waals surface area contributed by atoms with Crippen LogP contribution in [0, 0.1) is 12.7 Å². The van der Waals surface area contributed by atoms with Crippen molar-refractivity contribution in [1.82, 2.24) is 30.5 Å². The van der Waals surface area contributed by atoms with Gasteiger partial charge >= 0.3 is 0 Å². The molecule has 0 bridgehead atoms. The number of pyridine rings is 1. The van der Waals surface area contributed by atoms with Crippen LogP contribution in [0.4, 0.5) is 4.39 Å². The molecule has 156 valence electrons. The fourth-order valence-electron chi connectivity index (χ4n) is 2.68. The average molecular weight is 412 g/mol. The predicted molar refractivity (Wildman–Crippen MR) is 106 cm³/mol. The first kappa shape index (κ1) is 21.1. The zero-order chi connectivity index (χ0) is 21.7. The molecule has 0 aliphatic rings. The lowest BCUT2D eigenvalue weighted by molar-refractivity contribution is 0.0945. The molecular weight excluding hydrogens is 391 g/mol. The first-order valence-electron chi connectivity index (χ1n) is 9.04. The molecule has 0 aliphatic carbocycles. The van der Waals surface area contributed by atoms with Crippen molar-refractivity contribution >= 4 is 5.91 Å². The minimum atomic E-state index is -0.472. The highest BCUT2D eigenvalue weighted by Crippen LogP contribution is 2.19. The lowest BCUT2D eigenvalue weighted by atomic mass is 10.1. The van der Waals surface area contributed by atoms with Gasteiger partial charge in [0.15, 0.2) is 11.6 Å². The number of tetrazole rings is 1. The number of aliphatic hydroxyl groups is 1. The summed E-state index contributed by atoms with van der Waals surface area (Å²) in [4.78, 5) is 18.2. The van der Waals surface area contributed by atoms with Crippen molar-refractivity contribution in [2.75, 3.05) is 13.7 Å². The number of amides is 1. The number of carbonyl (C=O) groups excluding carboxylic acids is 1. The summed E-state index contributed by atoms with van der Waals surface area (Å²) < 4.78 is 18.5. The van der Waals surface area contributed by atoms with E-state index in [0.717, 1.165) is 0 Å². The summed E-state index contributed by atoms with van der Waals surface area (Å²) in [5.74, 6) is -0.440. The van der Waals surface area contributed by atoms with Crippen molar-refractivity contribution in [3.8, 4) is 17.1 Å². The van der Waals surface area contributed by atoms with E-state index in [4.69, 9.17) is 9.84 Å². The van der Waals surface area contributed by atoms with Gasteiger partial charge in [-0.2, -0.15) is 4.80 Å². The lowest BCUT2D eigenvalue weighted by Crippen LogP contribution is -2.24. The molecule has 0 spiro atoms. The third-order valence-corrected chi connectivity index (χ3v) is 4.15. The number of rotatable bonds is 8. The highest BCUT2D eigenvalue weighted by atomic mass is 19.1. The van der Waals surface area contributed by atoms with Gasteiger partial charge in [-0.3, -0.25) is 4.79 Å². The van der Waals surface area contributed by atoms with Crippen LogP contribution in [0.1, 0.15) is 21.7 Å². The number of hydrogen-bond donors (Lipinski definition) is 2. The van der Waals surface area contributed by atoms with Crippen LogP contribution in [0.25, 0.3) is 11.4 Å². The van der Waals surface area contributed by atoms with Gasteiger partial charge in [0.25, 0.3) is 5.91 Å². The van der Waals surface area contributed by atoms with E-state index >= 15 is 0 Å². The van der Waals surface area contributed by atoms with Gasteiger partial charge in [-0.05, 0) is 47.5 Å². The van der Waals surface area contributed by atoms with E-state index in [2.05, 4.69) is 32.3 Å². The summed E-state index contributed by atoms with van der Waals surface area (Å²) >= 11 is 0. The number of methoxy groups -OCH3 is 1. The van der Waals surface area contributed by atoms with Gasteiger partial charge in [-0.15, -0.1) is 10.2 Å². The van der Waals surface area contributed by atoms with Crippen molar-refractivity contribution < 1.29 is 19.0 Å². The topological polar surface area (TPSA) is 115 Å². The van der Waals surface area contributed by atoms with E-state index in [1.807, 2.05) is 0 Å². The Labute approximate surface area is 172 Å². The summed E-state index contributed by atoms with van der Waals surface area (Å²) in [5, 5.41) is 24.0. The number of aryl methyl sites for hydroxylation is 1. The first-order valence-corrected chi connectivity index (χ1v) is 9.04. The molecule has 30 heavy (non-hydrogen) atoms. The number of benzene rings is 1. The van der Waals surface area contributed by atoms with Crippen LogP contribution in [0.3, 0.4) is 0 Å². The van der Waals surface area contributed by atoms with E-state index in [0.29, 0.717) is 28.2 Å². The monoisotopic (exact) mass is 412 g/mol. The highest BCUT2D eigenvalue weighted by molar-refractivity contribution is 5.93. The number of ether oxygens (including phenoxy) is 1. The molecule has 1 amide bonds. The van der Waals surface area contributed by atoms with Crippen LogP contribution in [0.5, 0.6) is 5.75 Å². The molecule has 0 radical (unpaired) electrons. The smallest absolute Gasteiger partial charge is 0.270 e. The Hall–Kier alpha value is -3.66. The quantitative estimate of drug-likeness (QED) is 0.541. The van der Waals surface area contributed by atoms with E-state index in [9.17, 15) is 9.18 Å². The number of nitrogens with one attached hydrogen (secondary N) is 1. The molecule has 0 saturated heterocycles. The standard InChI is InChI=1S/C20H21FN6O3/c1-12(11-28)10-27-25-19(24-26-27)15-6-13(2)23-17(8-15)20(29)22-9-14-4-5-16(21)18(7-14)30-3/h4-8,28H,1,9-11H2,2-3H3,(H,22,29). The Bertz CT molecular complexity index is 1080. The second-order valence-corrected chi connectivity index (χ2v) is 6.59. The minimum absolute atomic E-state index is 0.107. The lowest BCUT2D eigenvalue weighted by Gasteiger charge is -2.08. The molecule has 0 fully saturated rings. The SMILES string of the molecule is C=C(CO)Cn1nnc(-c2cc(C)nc(C(=O)NCc3ccc(F)c(OC)c3)c2)n1. The second-order valence-electron chi connectivity index (χ2n) is 6.59. The maximum absolute atomic E-state index is 13.5. The molecule has 0 saturated carbocycles. The Kier molecular flexibility index (Phi) is 6.48. The van der Waals surface area contributed by atoms with E-state index < -0.39 is 11.7 Å². The largest absolute Gasteiger partial charge is 0.494 e. The Balaban J connectivity index is 1.74.